The van der Waals surface area contributed by atoms with Crippen LogP contribution in [0.3, 0.4) is 0 Å². The molecule has 1 aromatic carbocycles. The van der Waals surface area contributed by atoms with Gasteiger partial charge in [-0.2, -0.15) is 0 Å². The number of aromatic nitrogens is 2. The largest absolute Gasteiger partial charge is 0.476 e. The van der Waals surface area contributed by atoms with Gasteiger partial charge in [-0.1, -0.05) is 35.2 Å². The molecular formula is C14H16N4O4S3. The third-order valence-corrected chi connectivity index (χ3v) is 7.10. The van der Waals surface area contributed by atoms with Crippen molar-refractivity contribution >= 4 is 49.8 Å². The van der Waals surface area contributed by atoms with E-state index < -0.39 is 22.0 Å². The van der Waals surface area contributed by atoms with E-state index in [9.17, 15) is 13.2 Å². The van der Waals surface area contributed by atoms with E-state index in [2.05, 4.69) is 15.5 Å². The Labute approximate surface area is 153 Å². The third kappa shape index (κ3) is 3.72. The number of nitrogens with zero attached hydrogens (tertiary/aromatic N) is 3. The Morgan fingerprint density at radius 1 is 1.44 bits per heavy atom. The monoisotopic (exact) mass is 400 g/mol. The fourth-order valence-corrected chi connectivity index (χ4v) is 4.58. The van der Waals surface area contributed by atoms with Gasteiger partial charge in [0.15, 0.2) is 10.4 Å². The fourth-order valence-electron chi connectivity index (χ4n) is 2.29. The van der Waals surface area contributed by atoms with E-state index in [1.54, 1.807) is 31.2 Å². The van der Waals surface area contributed by atoms with Crippen molar-refractivity contribution in [2.45, 2.75) is 17.4 Å². The molecule has 0 saturated carbocycles. The van der Waals surface area contributed by atoms with Gasteiger partial charge in [-0.25, -0.2) is 8.42 Å². The number of carbonyl (C=O) groups is 1. The Kier molecular flexibility index (Phi) is 5.16. The molecule has 1 atom stereocenters. The molecule has 1 aliphatic rings. The topological polar surface area (TPSA) is 101 Å². The average molecular weight is 401 g/mol. The SMILES string of the molecule is CCS(=O)(=O)N1C[C@@H](C(=O)Nc2nnc(SC)s2)Oc2ccccc21. The number of para-hydroxylation sites is 2. The van der Waals surface area contributed by atoms with Crippen molar-refractivity contribution in [3.8, 4) is 5.75 Å². The number of rotatable bonds is 5. The Balaban J connectivity index is 1.85. The summed E-state index contributed by atoms with van der Waals surface area (Å²) in [6.45, 7) is 1.47. The summed E-state index contributed by atoms with van der Waals surface area (Å²) in [6.07, 6.45) is 0.888. The molecule has 2 aromatic rings. The summed E-state index contributed by atoms with van der Waals surface area (Å²) in [5.74, 6) is -0.175. The van der Waals surface area contributed by atoms with Crippen LogP contribution in [0.2, 0.25) is 0 Å². The van der Waals surface area contributed by atoms with Crippen molar-refractivity contribution in [3.63, 3.8) is 0 Å². The zero-order chi connectivity index (χ0) is 18.0. The van der Waals surface area contributed by atoms with E-state index >= 15 is 0 Å². The van der Waals surface area contributed by atoms with Crippen molar-refractivity contribution in [1.82, 2.24) is 10.2 Å². The molecule has 0 unspecified atom stereocenters. The van der Waals surface area contributed by atoms with E-state index in [1.807, 2.05) is 6.26 Å². The predicted octanol–water partition coefficient (Wildman–Crippen LogP) is 1.82. The van der Waals surface area contributed by atoms with Gasteiger partial charge in [0.05, 0.1) is 18.0 Å². The van der Waals surface area contributed by atoms with Crippen LogP contribution in [0.5, 0.6) is 5.75 Å². The second kappa shape index (κ2) is 7.18. The maximum atomic E-state index is 12.5. The van der Waals surface area contributed by atoms with E-state index in [0.29, 0.717) is 16.6 Å². The third-order valence-electron chi connectivity index (χ3n) is 3.54. The van der Waals surface area contributed by atoms with Gasteiger partial charge in [0, 0.05) is 0 Å². The lowest BCUT2D eigenvalue weighted by molar-refractivity contribution is -0.122. The zero-order valence-electron chi connectivity index (χ0n) is 13.5. The number of carbonyl (C=O) groups excluding carboxylic acids is 1. The van der Waals surface area contributed by atoms with Crippen LogP contribution >= 0.6 is 23.1 Å². The van der Waals surface area contributed by atoms with Gasteiger partial charge in [-0.15, -0.1) is 10.2 Å². The van der Waals surface area contributed by atoms with E-state index in [4.69, 9.17) is 4.74 Å². The standard InChI is InChI=1S/C14H16N4O4S3/c1-3-25(20,21)18-8-11(22-10-7-5-4-6-9(10)18)12(19)15-13-16-17-14(23-2)24-13/h4-7,11H,3,8H2,1-2H3,(H,15,16,19)/t11-/m0/s1. The highest BCUT2D eigenvalue weighted by Gasteiger charge is 2.36. The molecule has 11 heteroatoms. The van der Waals surface area contributed by atoms with Crippen molar-refractivity contribution in [3.05, 3.63) is 24.3 Å². The van der Waals surface area contributed by atoms with Crippen LogP contribution in [0, 0.1) is 0 Å². The van der Waals surface area contributed by atoms with Crippen LogP contribution in [0.25, 0.3) is 0 Å². The van der Waals surface area contributed by atoms with E-state index in [0.717, 1.165) is 4.34 Å². The van der Waals surface area contributed by atoms with Crippen LogP contribution in [-0.4, -0.2) is 49.2 Å². The molecular weight excluding hydrogens is 384 g/mol. The molecule has 1 aliphatic heterocycles. The summed E-state index contributed by atoms with van der Waals surface area (Å²) >= 11 is 2.67. The quantitative estimate of drug-likeness (QED) is 0.603. The molecule has 2 heterocycles. The van der Waals surface area contributed by atoms with Crippen LogP contribution in [0.15, 0.2) is 28.6 Å². The molecule has 1 aromatic heterocycles. The molecule has 0 bridgehead atoms. The number of anilines is 2. The highest BCUT2D eigenvalue weighted by atomic mass is 32.2. The molecule has 1 amide bonds. The highest BCUT2D eigenvalue weighted by molar-refractivity contribution is 8.00. The van der Waals surface area contributed by atoms with Gasteiger partial charge < -0.3 is 4.74 Å². The number of sulfonamides is 1. The molecule has 0 spiro atoms. The molecule has 8 nitrogen and oxygen atoms in total. The van der Waals surface area contributed by atoms with Crippen LogP contribution in [-0.2, 0) is 14.8 Å². The maximum absolute atomic E-state index is 12.5. The van der Waals surface area contributed by atoms with Crippen molar-refractivity contribution in [2.24, 2.45) is 0 Å². The molecule has 134 valence electrons. The normalized spacial score (nSPS) is 16.9. The van der Waals surface area contributed by atoms with Gasteiger partial charge >= 0.3 is 0 Å². The van der Waals surface area contributed by atoms with Crippen molar-refractivity contribution in [1.29, 1.82) is 0 Å². The minimum absolute atomic E-state index is 0.0663. The first-order valence-electron chi connectivity index (χ1n) is 7.39. The molecule has 0 saturated heterocycles. The molecule has 3 rings (SSSR count). The Bertz CT molecular complexity index is 884. The summed E-state index contributed by atoms with van der Waals surface area (Å²) in [6, 6.07) is 6.76. The number of hydrogen-bond acceptors (Lipinski definition) is 8. The molecule has 0 radical (unpaired) electrons. The van der Waals surface area contributed by atoms with Gasteiger partial charge in [-0.3, -0.25) is 14.4 Å². The smallest absolute Gasteiger partial charge is 0.269 e. The van der Waals surface area contributed by atoms with Gasteiger partial charge in [-0.05, 0) is 25.3 Å². The fraction of sp³-hybridized carbons (Fsp3) is 0.357. The second-order valence-corrected chi connectivity index (χ2v) is 9.29. The first-order chi connectivity index (χ1) is 11.9. The van der Waals surface area contributed by atoms with E-state index in [-0.39, 0.29) is 12.3 Å². The molecule has 0 fully saturated rings. The molecule has 0 aliphatic carbocycles. The number of hydrogen-bond donors (Lipinski definition) is 1. The Morgan fingerprint density at radius 2 is 2.20 bits per heavy atom. The number of fused-ring (bicyclic) bond motifs is 1. The lowest BCUT2D eigenvalue weighted by atomic mass is 10.2. The predicted molar refractivity (Wildman–Crippen MR) is 98.0 cm³/mol. The van der Waals surface area contributed by atoms with Gasteiger partial charge in [0.25, 0.3) is 5.91 Å². The maximum Gasteiger partial charge on any atom is 0.269 e. The number of ether oxygens (including phenoxy) is 1. The van der Waals surface area contributed by atoms with Crippen LogP contribution in [0.4, 0.5) is 10.8 Å². The van der Waals surface area contributed by atoms with Crippen molar-refractivity contribution < 1.29 is 17.9 Å². The van der Waals surface area contributed by atoms with E-state index in [1.165, 1.54) is 27.4 Å². The lowest BCUT2D eigenvalue weighted by Crippen LogP contribution is -2.49. The number of thioether (sulfide) groups is 1. The first-order valence-corrected chi connectivity index (χ1v) is 11.0. The number of nitrogens with one attached hydrogen (secondary N) is 1. The minimum Gasteiger partial charge on any atom is -0.476 e. The van der Waals surface area contributed by atoms with Gasteiger partial charge in [0.1, 0.15) is 5.75 Å². The average Bonchev–Trinajstić information content (AvgIpc) is 3.08. The van der Waals surface area contributed by atoms with Crippen LogP contribution < -0.4 is 14.4 Å². The van der Waals surface area contributed by atoms with Crippen molar-refractivity contribution in [2.75, 3.05) is 28.2 Å². The first kappa shape index (κ1) is 18.0. The highest BCUT2D eigenvalue weighted by Crippen LogP contribution is 2.35. The zero-order valence-corrected chi connectivity index (χ0v) is 15.9. The summed E-state index contributed by atoms with van der Waals surface area (Å²) in [5, 5.41) is 10.8. The summed E-state index contributed by atoms with van der Waals surface area (Å²) in [7, 11) is -3.53. The Hall–Kier alpha value is -1.85. The summed E-state index contributed by atoms with van der Waals surface area (Å²) in [4.78, 5) is 12.5. The number of amides is 1. The summed E-state index contributed by atoms with van der Waals surface area (Å²) < 4.78 is 32.5. The lowest BCUT2D eigenvalue weighted by Gasteiger charge is -2.34. The minimum atomic E-state index is -3.53. The number of benzene rings is 1. The van der Waals surface area contributed by atoms with Gasteiger partial charge in [0.2, 0.25) is 15.2 Å². The summed E-state index contributed by atoms with van der Waals surface area (Å²) in [5.41, 5.74) is 0.439. The Morgan fingerprint density at radius 3 is 2.88 bits per heavy atom. The van der Waals surface area contributed by atoms with Crippen LogP contribution in [0.1, 0.15) is 6.92 Å². The molecule has 25 heavy (non-hydrogen) atoms. The molecule has 1 N–H and O–H groups in total. The second-order valence-electron chi connectivity index (χ2n) is 5.07.